The van der Waals surface area contributed by atoms with Gasteiger partial charge in [0.05, 0.1) is 0 Å². The molecular weight excluding hydrogens is 676 g/mol. The van der Waals surface area contributed by atoms with Gasteiger partial charge in [-0.05, 0) is 41.5 Å². The van der Waals surface area contributed by atoms with Crippen molar-refractivity contribution in [3.8, 4) is 0 Å². The van der Waals surface area contributed by atoms with E-state index in [-0.39, 0.29) is 0 Å². The Balaban J connectivity index is 1.47. The van der Waals surface area contributed by atoms with E-state index in [1.54, 1.807) is 0 Å². The first-order chi connectivity index (χ1) is 23.7. The fraction of sp³-hybridized carbons (Fsp3) is 0.143. The van der Waals surface area contributed by atoms with Gasteiger partial charge in [0.25, 0.3) is 0 Å². The fourth-order valence-corrected chi connectivity index (χ4v) is 13.5. The highest BCUT2D eigenvalue weighted by Gasteiger charge is 2.32. The van der Waals surface area contributed by atoms with Gasteiger partial charge in [-0.2, -0.15) is 0 Å². The van der Waals surface area contributed by atoms with Gasteiger partial charge in [0.1, 0.15) is 24.4 Å². The highest BCUT2D eigenvalue weighted by molar-refractivity contribution is 7.81. The van der Waals surface area contributed by atoms with E-state index < -0.39 is 33.0 Å². The number of benzene rings is 6. The summed E-state index contributed by atoms with van der Waals surface area (Å²) in [7, 11) is -5.70. The average molecular weight is 719 g/mol. The van der Waals surface area contributed by atoms with Crippen LogP contribution in [0.15, 0.2) is 146 Å². The number of rotatable bonds is 12. The zero-order chi connectivity index (χ0) is 34.3. The van der Waals surface area contributed by atoms with Gasteiger partial charge in [-0.15, -0.1) is 0 Å². The Morgan fingerprint density at radius 3 is 0.531 bits per heavy atom. The molecular formula is C42H42O3P4. The van der Waals surface area contributed by atoms with Gasteiger partial charge < -0.3 is 0 Å². The molecule has 6 aromatic rings. The van der Waals surface area contributed by atoms with Gasteiger partial charge in [0.15, 0.2) is 0 Å². The topological polar surface area (TPSA) is 27.7 Å². The SMILES string of the molecule is Cc1ccc(P(OP(OP(c2ccc(C)cc2)c2ccc(C)cc2)OP(c2ccc(C)cc2)c2ccc(C)cc2)c2ccc(C)cc2)cc1. The summed E-state index contributed by atoms with van der Waals surface area (Å²) >= 11 is 0. The number of hydrogen-bond donors (Lipinski definition) is 0. The first-order valence-corrected chi connectivity index (χ1v) is 21.2. The molecule has 0 atom stereocenters. The second-order valence-electron chi connectivity index (χ2n) is 12.4. The first-order valence-electron chi connectivity index (χ1n) is 16.4. The zero-order valence-corrected chi connectivity index (χ0v) is 32.4. The molecule has 49 heavy (non-hydrogen) atoms. The maximum atomic E-state index is 7.26. The number of aryl methyl sites for hydroxylation is 6. The molecule has 0 amide bonds. The van der Waals surface area contributed by atoms with Crippen LogP contribution in [-0.2, 0) is 12.9 Å². The lowest BCUT2D eigenvalue weighted by molar-refractivity contribution is 0.451. The molecule has 0 saturated heterocycles. The smallest absolute Gasteiger partial charge is 0.279 e. The normalized spacial score (nSPS) is 11.6. The minimum Gasteiger partial charge on any atom is -0.279 e. The Bertz CT molecular complexity index is 1560. The van der Waals surface area contributed by atoms with Gasteiger partial charge in [0.2, 0.25) is 0 Å². The molecule has 0 spiro atoms. The molecule has 0 unspecified atom stereocenters. The summed E-state index contributed by atoms with van der Waals surface area (Å²) in [6, 6.07) is 52.0. The molecule has 6 rings (SSSR count). The average Bonchev–Trinajstić information content (AvgIpc) is 3.11. The quantitative estimate of drug-likeness (QED) is 0.118. The second-order valence-corrected chi connectivity index (χ2v) is 19.6. The Labute approximate surface area is 297 Å². The molecule has 0 saturated carbocycles. The Morgan fingerprint density at radius 1 is 0.245 bits per heavy atom. The third-order valence-corrected chi connectivity index (χ3v) is 16.2. The minimum absolute atomic E-state index is 1.12. The van der Waals surface area contributed by atoms with Crippen LogP contribution in [0.3, 0.4) is 0 Å². The van der Waals surface area contributed by atoms with Crippen molar-refractivity contribution in [2.24, 2.45) is 0 Å². The first kappa shape index (κ1) is 35.7. The predicted octanol–water partition coefficient (Wildman–Crippen LogP) is 10.3. The predicted molar refractivity (Wildman–Crippen MR) is 216 cm³/mol. The zero-order valence-electron chi connectivity index (χ0n) is 28.9. The molecule has 0 aliphatic rings. The number of hydrogen-bond acceptors (Lipinski definition) is 3. The van der Waals surface area contributed by atoms with Crippen LogP contribution in [0.1, 0.15) is 33.4 Å². The van der Waals surface area contributed by atoms with Crippen molar-refractivity contribution < 1.29 is 12.9 Å². The molecule has 0 aliphatic carbocycles. The van der Waals surface area contributed by atoms with Crippen LogP contribution in [-0.4, -0.2) is 0 Å². The van der Waals surface area contributed by atoms with Crippen molar-refractivity contribution in [3.63, 3.8) is 0 Å². The van der Waals surface area contributed by atoms with Gasteiger partial charge in [-0.3, -0.25) is 12.9 Å². The largest absolute Gasteiger partial charge is 0.345 e. The van der Waals surface area contributed by atoms with Crippen molar-refractivity contribution >= 4 is 64.9 Å². The Hall–Kier alpha value is -3.08. The molecule has 6 aromatic carbocycles. The summed E-state index contributed by atoms with van der Waals surface area (Å²) in [5.41, 5.74) is 7.26. The highest BCUT2D eigenvalue weighted by atomic mass is 31.3. The van der Waals surface area contributed by atoms with Crippen molar-refractivity contribution in [1.29, 1.82) is 0 Å². The molecule has 248 valence electrons. The summed E-state index contributed by atoms with van der Waals surface area (Å²) < 4.78 is 21.8. The summed E-state index contributed by atoms with van der Waals surface area (Å²) in [4.78, 5) is 0. The third-order valence-electron chi connectivity index (χ3n) is 8.06. The van der Waals surface area contributed by atoms with E-state index >= 15 is 0 Å². The van der Waals surface area contributed by atoms with E-state index in [0.717, 1.165) is 31.8 Å². The summed E-state index contributed by atoms with van der Waals surface area (Å²) in [6.45, 7) is 12.7. The highest BCUT2D eigenvalue weighted by Crippen LogP contribution is 2.65. The molecule has 0 radical (unpaired) electrons. The van der Waals surface area contributed by atoms with Crippen LogP contribution < -0.4 is 31.8 Å². The summed E-state index contributed by atoms with van der Waals surface area (Å²) in [5, 5.41) is 6.72. The van der Waals surface area contributed by atoms with Gasteiger partial charge in [-0.1, -0.05) is 179 Å². The van der Waals surface area contributed by atoms with Crippen molar-refractivity contribution in [2.45, 2.75) is 41.5 Å². The van der Waals surface area contributed by atoms with Crippen molar-refractivity contribution in [1.82, 2.24) is 0 Å². The van der Waals surface area contributed by atoms with Crippen LogP contribution in [0.2, 0.25) is 0 Å². The van der Waals surface area contributed by atoms with Gasteiger partial charge in [-0.25, -0.2) is 0 Å². The fourth-order valence-electron chi connectivity index (χ4n) is 5.06. The summed E-state index contributed by atoms with van der Waals surface area (Å²) in [6.07, 6.45) is 0. The van der Waals surface area contributed by atoms with E-state index in [4.69, 9.17) is 12.9 Å². The summed E-state index contributed by atoms with van der Waals surface area (Å²) in [5.74, 6) is 0. The van der Waals surface area contributed by atoms with Crippen LogP contribution >= 0.6 is 33.0 Å². The lowest BCUT2D eigenvalue weighted by Gasteiger charge is -2.30. The standard InChI is InChI=1S/C42H42O3P4/c1-31-7-19-37(20-8-31)46(38-21-9-32(2)10-22-38)43-49(44-47(39-23-11-33(3)12-24-39)40-25-13-34(4)14-26-40)45-48(41-27-15-35(5)16-28-41)42-29-17-36(6)18-30-42/h7-30H,1-6H3. The van der Waals surface area contributed by atoms with E-state index in [1.807, 2.05) is 0 Å². The molecule has 0 bridgehead atoms. The van der Waals surface area contributed by atoms with Gasteiger partial charge in [0, 0.05) is 31.8 Å². The Kier molecular flexibility index (Phi) is 12.2. The molecule has 7 heteroatoms. The van der Waals surface area contributed by atoms with E-state index in [1.165, 1.54) is 33.4 Å². The molecule has 0 fully saturated rings. The molecule has 0 heterocycles. The molecule has 0 aliphatic heterocycles. The monoisotopic (exact) mass is 718 g/mol. The van der Waals surface area contributed by atoms with E-state index in [9.17, 15) is 0 Å². The van der Waals surface area contributed by atoms with Crippen LogP contribution in [0.5, 0.6) is 0 Å². The third kappa shape index (κ3) is 9.58. The maximum Gasteiger partial charge on any atom is 0.345 e. The molecule has 0 aromatic heterocycles. The van der Waals surface area contributed by atoms with Crippen molar-refractivity contribution in [3.05, 3.63) is 179 Å². The maximum absolute atomic E-state index is 7.26. The Morgan fingerprint density at radius 2 is 0.388 bits per heavy atom. The van der Waals surface area contributed by atoms with E-state index in [2.05, 4.69) is 187 Å². The van der Waals surface area contributed by atoms with Crippen molar-refractivity contribution in [2.75, 3.05) is 0 Å². The second kappa shape index (κ2) is 16.8. The lowest BCUT2D eigenvalue weighted by Crippen LogP contribution is -2.17. The van der Waals surface area contributed by atoms with Crippen LogP contribution in [0.25, 0.3) is 0 Å². The lowest BCUT2D eigenvalue weighted by atomic mass is 10.2. The molecule has 3 nitrogen and oxygen atoms in total. The van der Waals surface area contributed by atoms with E-state index in [0.29, 0.717) is 0 Å². The van der Waals surface area contributed by atoms with Gasteiger partial charge >= 0.3 is 8.60 Å². The minimum atomic E-state index is -1.88. The van der Waals surface area contributed by atoms with Crippen LogP contribution in [0, 0.1) is 41.5 Å². The molecule has 0 N–H and O–H groups in total. The van der Waals surface area contributed by atoms with Crippen LogP contribution in [0.4, 0.5) is 0 Å².